The van der Waals surface area contributed by atoms with Crippen molar-refractivity contribution < 1.29 is 19.1 Å². The van der Waals surface area contributed by atoms with Gasteiger partial charge in [-0.3, -0.25) is 0 Å². The van der Waals surface area contributed by atoms with Gasteiger partial charge in [-0.2, -0.15) is 0 Å². The molecule has 7 rings (SSSR count). The first-order chi connectivity index (χ1) is 24.6. The number of aromatic nitrogens is 2. The van der Waals surface area contributed by atoms with E-state index in [-0.39, 0.29) is 25.6 Å². The van der Waals surface area contributed by atoms with E-state index in [1.807, 2.05) is 85.1 Å². The first-order valence-corrected chi connectivity index (χ1v) is 16.7. The smallest absolute Gasteiger partial charge is 0.407 e. The van der Waals surface area contributed by atoms with Crippen molar-refractivity contribution in [3.05, 3.63) is 198 Å². The summed E-state index contributed by atoms with van der Waals surface area (Å²) in [4.78, 5) is 31.4. The fourth-order valence-corrected chi connectivity index (χ4v) is 7.06. The molecule has 248 valence electrons. The summed E-state index contributed by atoms with van der Waals surface area (Å²) >= 11 is 0. The number of esters is 1. The van der Waals surface area contributed by atoms with E-state index in [9.17, 15) is 9.59 Å². The molecule has 0 spiro atoms. The molecule has 7 nitrogen and oxygen atoms in total. The van der Waals surface area contributed by atoms with E-state index in [1.165, 1.54) is 6.08 Å². The Bertz CT molecular complexity index is 1950. The Morgan fingerprint density at radius 2 is 1.24 bits per heavy atom. The van der Waals surface area contributed by atoms with Crippen LogP contribution in [0.5, 0.6) is 0 Å². The zero-order valence-corrected chi connectivity index (χ0v) is 27.5. The van der Waals surface area contributed by atoms with Crippen molar-refractivity contribution in [1.82, 2.24) is 14.9 Å². The van der Waals surface area contributed by atoms with E-state index in [4.69, 9.17) is 14.5 Å². The zero-order chi connectivity index (χ0) is 34.3. The molecule has 1 aromatic heterocycles. The molecule has 50 heavy (non-hydrogen) atoms. The molecule has 6 aromatic rings. The first-order valence-electron chi connectivity index (χ1n) is 16.7. The topological polar surface area (TPSA) is 82.5 Å². The van der Waals surface area contributed by atoms with Crippen LogP contribution in [0.25, 0.3) is 11.1 Å². The average molecular weight is 660 g/mol. The van der Waals surface area contributed by atoms with Crippen molar-refractivity contribution in [2.45, 2.75) is 23.9 Å². The van der Waals surface area contributed by atoms with Gasteiger partial charge in [0.1, 0.15) is 24.8 Å². The number of ether oxygens (including phenoxy) is 2. The lowest BCUT2D eigenvalue weighted by Gasteiger charge is -2.37. The SMILES string of the molecule is C=CCOC(=O)[C@H](Cc1cn(C(c2ccccc2)(c2ccccc2)c2ccccc2)cn1)NC(=O)OCC1c2ccccc2-c2ccccc21. The second-order valence-corrected chi connectivity index (χ2v) is 12.2. The van der Waals surface area contributed by atoms with Crippen LogP contribution in [0.4, 0.5) is 4.79 Å². The summed E-state index contributed by atoms with van der Waals surface area (Å²) in [5, 5.41) is 2.77. The molecule has 1 aliphatic rings. The maximum Gasteiger partial charge on any atom is 0.407 e. The lowest BCUT2D eigenvalue weighted by atomic mass is 9.77. The van der Waals surface area contributed by atoms with Crippen LogP contribution in [-0.2, 0) is 26.2 Å². The van der Waals surface area contributed by atoms with Gasteiger partial charge >= 0.3 is 12.1 Å². The molecule has 7 heteroatoms. The summed E-state index contributed by atoms with van der Waals surface area (Å²) in [6.07, 6.45) is 4.58. The van der Waals surface area contributed by atoms with Gasteiger partial charge in [0.25, 0.3) is 0 Å². The second kappa shape index (κ2) is 14.5. The number of carbonyl (C=O) groups excluding carboxylic acids is 2. The fourth-order valence-electron chi connectivity index (χ4n) is 7.06. The van der Waals surface area contributed by atoms with Crippen LogP contribution in [0.2, 0.25) is 0 Å². The van der Waals surface area contributed by atoms with E-state index in [2.05, 4.69) is 77.1 Å². The van der Waals surface area contributed by atoms with Crippen LogP contribution < -0.4 is 5.32 Å². The first kappa shape index (κ1) is 32.3. The van der Waals surface area contributed by atoms with Gasteiger partial charge in [-0.1, -0.05) is 152 Å². The molecule has 0 fully saturated rings. The number of hydrogen-bond acceptors (Lipinski definition) is 5. The third kappa shape index (κ3) is 6.21. The van der Waals surface area contributed by atoms with Gasteiger partial charge in [-0.25, -0.2) is 14.6 Å². The highest BCUT2D eigenvalue weighted by molar-refractivity contribution is 5.82. The van der Waals surface area contributed by atoms with Crippen LogP contribution in [0.3, 0.4) is 0 Å². The number of carbonyl (C=O) groups is 2. The van der Waals surface area contributed by atoms with Crippen LogP contribution in [0.15, 0.2) is 165 Å². The lowest BCUT2D eigenvalue weighted by Crippen LogP contribution is -2.44. The van der Waals surface area contributed by atoms with Gasteiger partial charge in [0, 0.05) is 18.5 Å². The van der Waals surface area contributed by atoms with E-state index in [1.54, 1.807) is 6.33 Å². The Morgan fingerprint density at radius 3 is 1.76 bits per heavy atom. The van der Waals surface area contributed by atoms with E-state index in [0.717, 1.165) is 38.9 Å². The predicted octanol–water partition coefficient (Wildman–Crippen LogP) is 7.90. The van der Waals surface area contributed by atoms with Gasteiger partial charge in [-0.05, 0) is 38.9 Å². The molecule has 0 unspecified atom stereocenters. The van der Waals surface area contributed by atoms with Gasteiger partial charge in [0.05, 0.1) is 12.0 Å². The van der Waals surface area contributed by atoms with Crippen LogP contribution in [-0.4, -0.2) is 40.9 Å². The highest BCUT2D eigenvalue weighted by Crippen LogP contribution is 2.44. The maximum atomic E-state index is 13.3. The molecule has 0 radical (unpaired) electrons. The van der Waals surface area contributed by atoms with Gasteiger partial charge < -0.3 is 19.4 Å². The normalized spacial score (nSPS) is 12.7. The molecule has 5 aromatic carbocycles. The van der Waals surface area contributed by atoms with Crippen molar-refractivity contribution in [1.29, 1.82) is 0 Å². The van der Waals surface area contributed by atoms with Crippen molar-refractivity contribution in [2.24, 2.45) is 0 Å². The molecule has 0 bridgehead atoms. The largest absolute Gasteiger partial charge is 0.460 e. The molecule has 0 aliphatic heterocycles. The minimum absolute atomic E-state index is 0.00920. The third-order valence-corrected chi connectivity index (χ3v) is 9.28. The van der Waals surface area contributed by atoms with Gasteiger partial charge in [0.15, 0.2) is 0 Å². The quantitative estimate of drug-likeness (QED) is 0.0821. The highest BCUT2D eigenvalue weighted by atomic mass is 16.6. The monoisotopic (exact) mass is 659 g/mol. The number of imidazole rings is 1. The Hall–Kier alpha value is -6.21. The van der Waals surface area contributed by atoms with Crippen molar-refractivity contribution in [2.75, 3.05) is 13.2 Å². The fraction of sp³-hybridized carbons (Fsp3) is 0.140. The molecule has 1 aliphatic carbocycles. The number of nitrogens with one attached hydrogen (secondary N) is 1. The summed E-state index contributed by atoms with van der Waals surface area (Å²) < 4.78 is 13.3. The van der Waals surface area contributed by atoms with E-state index < -0.39 is 23.6 Å². The summed E-state index contributed by atoms with van der Waals surface area (Å²) in [5.74, 6) is -0.717. The minimum Gasteiger partial charge on any atom is -0.460 e. The van der Waals surface area contributed by atoms with E-state index >= 15 is 0 Å². The number of alkyl carbamates (subject to hydrolysis) is 1. The number of benzene rings is 5. The summed E-state index contributed by atoms with van der Waals surface area (Å²) in [7, 11) is 0. The van der Waals surface area contributed by atoms with Gasteiger partial charge in [-0.15, -0.1) is 0 Å². The average Bonchev–Trinajstić information content (AvgIpc) is 3.77. The molecule has 1 amide bonds. The molecule has 0 saturated heterocycles. The molecular formula is C43H37N3O4. The standard InChI is InChI=1S/C43H37N3O4/c1-2-26-49-41(47)40(45-42(48)50-29-39-37-24-14-12-22-35(37)36-23-13-15-25-38(36)39)27-34-28-46(30-44-34)43(31-16-6-3-7-17-31,32-18-8-4-9-19-32)33-20-10-5-11-21-33/h2-25,28,30,39-40H,1,26-27,29H2,(H,45,48)/t40-/m0/s1. The Kier molecular flexibility index (Phi) is 9.38. The van der Waals surface area contributed by atoms with Crippen molar-refractivity contribution in [3.8, 4) is 11.1 Å². The Balaban J connectivity index is 1.17. The second-order valence-electron chi connectivity index (χ2n) is 12.2. The van der Waals surface area contributed by atoms with Crippen molar-refractivity contribution >= 4 is 12.1 Å². The molecule has 1 atom stereocenters. The zero-order valence-electron chi connectivity index (χ0n) is 27.5. The van der Waals surface area contributed by atoms with Gasteiger partial charge in [0.2, 0.25) is 0 Å². The van der Waals surface area contributed by atoms with Crippen LogP contribution >= 0.6 is 0 Å². The summed E-state index contributed by atoms with van der Waals surface area (Å²) in [5.41, 5.74) is 7.43. The van der Waals surface area contributed by atoms with Crippen LogP contribution in [0.1, 0.15) is 39.4 Å². The highest BCUT2D eigenvalue weighted by Gasteiger charge is 2.39. The Labute approximate surface area is 291 Å². The number of hydrogen-bond donors (Lipinski definition) is 1. The van der Waals surface area contributed by atoms with E-state index in [0.29, 0.717) is 5.69 Å². The third-order valence-electron chi connectivity index (χ3n) is 9.28. The molecular weight excluding hydrogens is 622 g/mol. The number of amides is 1. The maximum absolute atomic E-state index is 13.3. The summed E-state index contributed by atoms with van der Waals surface area (Å²) in [6, 6.07) is 46.0. The van der Waals surface area contributed by atoms with Crippen molar-refractivity contribution in [3.63, 3.8) is 0 Å². The van der Waals surface area contributed by atoms with Crippen LogP contribution in [0, 0.1) is 0 Å². The number of nitrogens with zero attached hydrogens (tertiary/aromatic N) is 2. The number of rotatable bonds is 12. The lowest BCUT2D eigenvalue weighted by molar-refractivity contribution is -0.144. The molecule has 0 saturated carbocycles. The number of fused-ring (bicyclic) bond motifs is 3. The molecule has 1 heterocycles. The minimum atomic E-state index is -1.05. The summed E-state index contributed by atoms with van der Waals surface area (Å²) in [6.45, 7) is 3.79. The molecule has 1 N–H and O–H groups in total. The Morgan fingerprint density at radius 1 is 0.740 bits per heavy atom. The predicted molar refractivity (Wildman–Crippen MR) is 194 cm³/mol.